The van der Waals surface area contributed by atoms with Gasteiger partial charge in [0.1, 0.15) is 0 Å². The zero-order chi connectivity index (χ0) is 19.3. The summed E-state index contributed by atoms with van der Waals surface area (Å²) < 4.78 is 10.8. The highest BCUT2D eigenvalue weighted by molar-refractivity contribution is 5.97. The predicted molar refractivity (Wildman–Crippen MR) is 109 cm³/mol. The molecule has 5 nitrogen and oxygen atoms in total. The van der Waals surface area contributed by atoms with E-state index in [4.69, 9.17) is 9.47 Å². The number of carbonyl (C=O) groups is 1. The van der Waals surface area contributed by atoms with Gasteiger partial charge in [-0.25, -0.2) is 0 Å². The Labute approximate surface area is 163 Å². The Kier molecular flexibility index (Phi) is 3.72. The van der Waals surface area contributed by atoms with Crippen LogP contribution in [0.1, 0.15) is 41.9 Å². The fourth-order valence-corrected chi connectivity index (χ4v) is 4.23. The number of nitrogens with zero attached hydrogens (tertiary/aromatic N) is 1. The largest absolute Gasteiger partial charge is 0.454 e. The number of fused-ring (bicyclic) bond motifs is 4. The van der Waals surface area contributed by atoms with E-state index in [1.807, 2.05) is 23.2 Å². The lowest BCUT2D eigenvalue weighted by Gasteiger charge is -2.32. The molecule has 2 aromatic carbocycles. The molecule has 28 heavy (non-hydrogen) atoms. The van der Waals surface area contributed by atoms with E-state index in [0.29, 0.717) is 23.6 Å². The number of H-pyrrole nitrogens is 1. The highest BCUT2D eigenvalue weighted by Gasteiger charge is 2.35. The van der Waals surface area contributed by atoms with Gasteiger partial charge in [0.25, 0.3) is 5.91 Å². The van der Waals surface area contributed by atoms with E-state index in [0.717, 1.165) is 17.6 Å². The lowest BCUT2D eigenvalue weighted by molar-refractivity contribution is 0.0795. The minimum atomic E-state index is -0.162. The smallest absolute Gasteiger partial charge is 0.257 e. The van der Waals surface area contributed by atoms with Gasteiger partial charge in [0.2, 0.25) is 6.79 Å². The zero-order valence-electron chi connectivity index (χ0n) is 16.0. The van der Waals surface area contributed by atoms with Crippen LogP contribution in [0.4, 0.5) is 0 Å². The first-order chi connectivity index (χ1) is 13.6. The Bertz CT molecular complexity index is 1110. The van der Waals surface area contributed by atoms with Gasteiger partial charge in [0.05, 0.1) is 0 Å². The highest BCUT2D eigenvalue weighted by Crippen LogP contribution is 2.40. The maximum atomic E-state index is 13.3. The molecule has 0 fully saturated rings. The molecule has 0 spiro atoms. The first kappa shape index (κ1) is 16.9. The van der Waals surface area contributed by atoms with Crippen molar-refractivity contribution in [3.05, 3.63) is 65.5 Å². The molecular formula is C23H22N2O3. The van der Waals surface area contributed by atoms with Gasteiger partial charge >= 0.3 is 0 Å². The number of nitrogens with one attached hydrogen (secondary N) is 1. The molecule has 1 unspecified atom stereocenters. The van der Waals surface area contributed by atoms with Crippen molar-refractivity contribution in [3.8, 4) is 11.5 Å². The molecule has 1 N–H and O–H groups in total. The monoisotopic (exact) mass is 374 g/mol. The molecule has 5 rings (SSSR count). The summed E-state index contributed by atoms with van der Waals surface area (Å²) in [6.07, 6.45) is 4.83. The summed E-state index contributed by atoms with van der Waals surface area (Å²) >= 11 is 0. The van der Waals surface area contributed by atoms with E-state index in [1.54, 1.807) is 18.2 Å². The average Bonchev–Trinajstić information content (AvgIpc) is 3.30. The number of aromatic amines is 1. The van der Waals surface area contributed by atoms with Crippen LogP contribution >= 0.6 is 0 Å². The van der Waals surface area contributed by atoms with E-state index in [1.165, 1.54) is 10.9 Å². The molecule has 142 valence electrons. The van der Waals surface area contributed by atoms with E-state index < -0.39 is 0 Å². The van der Waals surface area contributed by atoms with Gasteiger partial charge in [-0.2, -0.15) is 0 Å². The Morgan fingerprint density at radius 1 is 1.18 bits per heavy atom. The first-order valence-corrected chi connectivity index (χ1v) is 9.59. The summed E-state index contributed by atoms with van der Waals surface area (Å²) in [4.78, 5) is 18.6. The third-order valence-electron chi connectivity index (χ3n) is 5.94. The van der Waals surface area contributed by atoms with Gasteiger partial charge in [-0.15, -0.1) is 0 Å². The van der Waals surface area contributed by atoms with Crippen molar-refractivity contribution in [1.82, 2.24) is 9.88 Å². The van der Waals surface area contributed by atoms with Crippen LogP contribution in [-0.4, -0.2) is 29.1 Å². The van der Waals surface area contributed by atoms with Crippen LogP contribution in [0.5, 0.6) is 11.5 Å². The van der Waals surface area contributed by atoms with Gasteiger partial charge in [0, 0.05) is 40.3 Å². The Balaban J connectivity index is 1.55. The second-order valence-electron chi connectivity index (χ2n) is 7.69. The molecule has 1 aromatic heterocycles. The van der Waals surface area contributed by atoms with Crippen molar-refractivity contribution in [2.24, 2.45) is 0 Å². The lowest BCUT2D eigenvalue weighted by Crippen LogP contribution is -2.38. The van der Waals surface area contributed by atoms with Crippen LogP contribution in [0.2, 0.25) is 0 Å². The van der Waals surface area contributed by atoms with E-state index in [-0.39, 0.29) is 18.1 Å². The Morgan fingerprint density at radius 3 is 2.86 bits per heavy atom. The number of rotatable bonds is 2. The molecule has 0 bridgehead atoms. The number of hydrogen-bond acceptors (Lipinski definition) is 3. The second-order valence-corrected chi connectivity index (χ2v) is 7.69. The van der Waals surface area contributed by atoms with Gasteiger partial charge in [0.15, 0.2) is 11.5 Å². The maximum absolute atomic E-state index is 13.3. The molecule has 2 aliphatic rings. The molecule has 1 atom stereocenters. The number of carbonyl (C=O) groups excluding carboxylic acids is 1. The van der Waals surface area contributed by atoms with Crippen molar-refractivity contribution < 1.29 is 14.3 Å². The molecular weight excluding hydrogens is 352 g/mol. The summed E-state index contributed by atoms with van der Waals surface area (Å²) in [5.74, 6) is 1.27. The molecule has 3 heterocycles. The third-order valence-corrected chi connectivity index (χ3v) is 5.94. The van der Waals surface area contributed by atoms with E-state index >= 15 is 0 Å². The van der Waals surface area contributed by atoms with Crippen LogP contribution < -0.4 is 9.47 Å². The number of hydrogen-bond donors (Lipinski definition) is 1. The van der Waals surface area contributed by atoms with Gasteiger partial charge in [-0.3, -0.25) is 4.79 Å². The number of benzene rings is 2. The molecule has 2 aliphatic heterocycles. The fourth-order valence-electron chi connectivity index (χ4n) is 4.23. The van der Waals surface area contributed by atoms with Crippen molar-refractivity contribution in [2.45, 2.75) is 25.7 Å². The maximum Gasteiger partial charge on any atom is 0.257 e. The number of aromatic nitrogens is 1. The van der Waals surface area contributed by atoms with Gasteiger partial charge in [-0.05, 0) is 42.3 Å². The highest BCUT2D eigenvalue weighted by atomic mass is 16.7. The summed E-state index contributed by atoms with van der Waals surface area (Å²) in [5, 5.41) is 1.23. The summed E-state index contributed by atoms with van der Waals surface area (Å²) in [6.45, 7) is 5.23. The van der Waals surface area contributed by atoms with E-state index in [9.17, 15) is 4.79 Å². The Morgan fingerprint density at radius 2 is 2.00 bits per heavy atom. The van der Waals surface area contributed by atoms with Crippen LogP contribution in [0.25, 0.3) is 17.0 Å². The van der Waals surface area contributed by atoms with Crippen molar-refractivity contribution in [1.29, 1.82) is 0 Å². The number of ether oxygens (including phenoxy) is 2. The first-order valence-electron chi connectivity index (χ1n) is 9.59. The SMILES string of the molecule is CCC1(C)CN(C(=O)c2ccc3c(c2)OCO3)C=Cc2[nH]c3ccccc3c21. The topological polar surface area (TPSA) is 54.6 Å². The minimum absolute atomic E-state index is 0.0383. The molecule has 0 saturated heterocycles. The summed E-state index contributed by atoms with van der Waals surface area (Å²) in [6, 6.07) is 13.7. The van der Waals surface area contributed by atoms with Crippen LogP contribution in [0.3, 0.4) is 0 Å². The Hall–Kier alpha value is -3.21. The van der Waals surface area contributed by atoms with Gasteiger partial charge in [-0.1, -0.05) is 32.0 Å². The molecule has 5 heteroatoms. The van der Waals surface area contributed by atoms with Gasteiger partial charge < -0.3 is 19.4 Å². The standard InChI is InChI=1S/C23H22N2O3/c1-3-23(2)13-25(22(26)15-8-9-19-20(12-15)28-14-27-19)11-10-18-21(23)16-6-4-5-7-17(16)24-18/h4-12,24H,3,13-14H2,1-2H3. The van der Waals surface area contributed by atoms with Crippen molar-refractivity contribution in [2.75, 3.05) is 13.3 Å². The second kappa shape index (κ2) is 6.16. The minimum Gasteiger partial charge on any atom is -0.454 e. The molecule has 3 aromatic rings. The molecule has 0 saturated carbocycles. The van der Waals surface area contributed by atoms with Crippen LogP contribution in [0.15, 0.2) is 48.7 Å². The zero-order valence-corrected chi connectivity index (χ0v) is 16.0. The molecule has 0 aliphatic carbocycles. The normalized spacial score (nSPS) is 20.3. The predicted octanol–water partition coefficient (Wildman–Crippen LogP) is 4.69. The van der Waals surface area contributed by atoms with Crippen molar-refractivity contribution >= 4 is 22.9 Å². The number of para-hydroxylation sites is 1. The van der Waals surface area contributed by atoms with E-state index in [2.05, 4.69) is 37.0 Å². The van der Waals surface area contributed by atoms with Crippen LogP contribution in [0, 0.1) is 0 Å². The fraction of sp³-hybridized carbons (Fsp3) is 0.261. The van der Waals surface area contributed by atoms with Crippen molar-refractivity contribution in [3.63, 3.8) is 0 Å². The molecule has 0 radical (unpaired) electrons. The number of amides is 1. The third kappa shape index (κ3) is 2.50. The average molecular weight is 374 g/mol. The molecule has 1 amide bonds. The summed E-state index contributed by atoms with van der Waals surface area (Å²) in [5.41, 5.74) is 3.93. The lowest BCUT2D eigenvalue weighted by atomic mass is 9.78. The van der Waals surface area contributed by atoms with Crippen LogP contribution in [-0.2, 0) is 5.41 Å². The quantitative estimate of drug-likeness (QED) is 0.708. The summed E-state index contributed by atoms with van der Waals surface area (Å²) in [7, 11) is 0.